The summed E-state index contributed by atoms with van der Waals surface area (Å²) in [5, 5.41) is 0. The molecule has 132 valence electrons. The van der Waals surface area contributed by atoms with Gasteiger partial charge in [-0.15, -0.1) is 0 Å². The molecule has 6 heteroatoms. The Morgan fingerprint density at radius 3 is 2.29 bits per heavy atom. The molecule has 1 aliphatic rings. The molecule has 0 saturated carbocycles. The summed E-state index contributed by atoms with van der Waals surface area (Å²) in [5.74, 6) is -0.300. The van der Waals surface area contributed by atoms with Crippen LogP contribution in [0.3, 0.4) is 0 Å². The second-order valence-corrected chi connectivity index (χ2v) is 6.14. The summed E-state index contributed by atoms with van der Waals surface area (Å²) in [7, 11) is 0. The van der Waals surface area contributed by atoms with E-state index in [0.717, 1.165) is 18.5 Å². The van der Waals surface area contributed by atoms with Gasteiger partial charge in [0, 0.05) is 45.3 Å². The van der Waals surface area contributed by atoms with E-state index in [0.29, 0.717) is 32.7 Å². The van der Waals surface area contributed by atoms with Crippen LogP contribution in [-0.2, 0) is 9.59 Å². The van der Waals surface area contributed by atoms with E-state index in [1.165, 1.54) is 19.1 Å². The second-order valence-electron chi connectivity index (χ2n) is 6.14. The Kier molecular flexibility index (Phi) is 6.58. The first-order valence-electron chi connectivity index (χ1n) is 8.55. The zero-order chi connectivity index (χ0) is 17.5. The van der Waals surface area contributed by atoms with E-state index >= 15 is 0 Å². The zero-order valence-electron chi connectivity index (χ0n) is 14.5. The number of hydrogen-bond acceptors (Lipinski definition) is 3. The van der Waals surface area contributed by atoms with E-state index in [1.54, 1.807) is 17.0 Å². The fraction of sp³-hybridized carbons (Fsp3) is 0.556. The van der Waals surface area contributed by atoms with Crippen LogP contribution in [0.25, 0.3) is 0 Å². The van der Waals surface area contributed by atoms with Crippen molar-refractivity contribution in [2.45, 2.75) is 26.7 Å². The van der Waals surface area contributed by atoms with Crippen LogP contribution in [0.2, 0.25) is 0 Å². The molecule has 1 aromatic rings. The first kappa shape index (κ1) is 18.2. The lowest BCUT2D eigenvalue weighted by Gasteiger charge is -2.37. The number of carbonyl (C=O) groups excluding carboxylic acids is 2. The van der Waals surface area contributed by atoms with Crippen LogP contribution in [0.4, 0.5) is 10.1 Å². The molecular formula is C18H26FN3O2. The molecule has 0 radical (unpaired) electrons. The van der Waals surface area contributed by atoms with Crippen molar-refractivity contribution in [2.24, 2.45) is 0 Å². The highest BCUT2D eigenvalue weighted by Gasteiger charge is 2.23. The Hall–Kier alpha value is -2.11. The van der Waals surface area contributed by atoms with E-state index in [9.17, 15) is 14.0 Å². The van der Waals surface area contributed by atoms with Crippen molar-refractivity contribution in [1.82, 2.24) is 9.80 Å². The third kappa shape index (κ3) is 4.94. The van der Waals surface area contributed by atoms with Crippen LogP contribution in [-0.4, -0.2) is 60.9 Å². The van der Waals surface area contributed by atoms with Gasteiger partial charge in [0.15, 0.2) is 0 Å². The van der Waals surface area contributed by atoms with E-state index in [1.807, 2.05) is 4.90 Å². The number of halogens is 1. The van der Waals surface area contributed by atoms with Gasteiger partial charge in [-0.1, -0.05) is 13.3 Å². The average molecular weight is 335 g/mol. The maximum absolute atomic E-state index is 13.0. The van der Waals surface area contributed by atoms with Gasteiger partial charge in [-0.2, -0.15) is 0 Å². The topological polar surface area (TPSA) is 43.9 Å². The molecule has 1 heterocycles. The summed E-state index contributed by atoms with van der Waals surface area (Å²) in [5.41, 5.74) is 0.969. The third-order valence-corrected chi connectivity index (χ3v) is 4.38. The maximum atomic E-state index is 13.0. The largest absolute Gasteiger partial charge is 0.368 e. The highest BCUT2D eigenvalue weighted by molar-refractivity contribution is 5.84. The number of carbonyl (C=O) groups is 2. The van der Waals surface area contributed by atoms with Gasteiger partial charge < -0.3 is 14.7 Å². The molecule has 0 bridgehead atoms. The molecule has 24 heavy (non-hydrogen) atoms. The number of unbranched alkanes of at least 4 members (excludes halogenated alkanes) is 1. The molecule has 2 rings (SSSR count). The minimum absolute atomic E-state index is 0.0000548. The van der Waals surface area contributed by atoms with Crippen molar-refractivity contribution < 1.29 is 14.0 Å². The third-order valence-electron chi connectivity index (χ3n) is 4.38. The molecule has 0 unspecified atom stereocenters. The van der Waals surface area contributed by atoms with E-state index in [2.05, 4.69) is 11.8 Å². The van der Waals surface area contributed by atoms with E-state index < -0.39 is 0 Å². The standard InChI is InChI=1S/C18H26FN3O2/c1-3-4-9-22(15(2)23)14-18(24)21-12-10-20(11-13-21)17-7-5-16(19)6-8-17/h5-8H,3-4,9-14H2,1-2H3. The molecule has 5 nitrogen and oxygen atoms in total. The minimum atomic E-state index is -0.246. The van der Waals surface area contributed by atoms with Gasteiger partial charge in [-0.05, 0) is 30.7 Å². The summed E-state index contributed by atoms with van der Waals surface area (Å²) < 4.78 is 13.0. The summed E-state index contributed by atoms with van der Waals surface area (Å²) in [6.45, 7) is 7.04. The molecule has 0 spiro atoms. The SMILES string of the molecule is CCCCN(CC(=O)N1CCN(c2ccc(F)cc2)CC1)C(C)=O. The first-order chi connectivity index (χ1) is 11.5. The Morgan fingerprint density at radius 1 is 1.12 bits per heavy atom. The fourth-order valence-corrected chi connectivity index (χ4v) is 2.83. The second kappa shape index (κ2) is 8.66. The molecule has 1 aliphatic heterocycles. The number of benzene rings is 1. The number of rotatable bonds is 6. The molecule has 0 N–H and O–H groups in total. The minimum Gasteiger partial charge on any atom is -0.368 e. The van der Waals surface area contributed by atoms with Crippen molar-refractivity contribution in [3.05, 3.63) is 30.1 Å². The predicted octanol–water partition coefficient (Wildman–Crippen LogP) is 2.12. The molecule has 2 amide bonds. The number of piperazine rings is 1. The summed E-state index contributed by atoms with van der Waals surface area (Å²) >= 11 is 0. The molecule has 1 fully saturated rings. The van der Waals surface area contributed by atoms with Gasteiger partial charge >= 0.3 is 0 Å². The average Bonchev–Trinajstić information content (AvgIpc) is 2.59. The van der Waals surface area contributed by atoms with Crippen LogP contribution < -0.4 is 4.90 Å². The Balaban J connectivity index is 1.85. The number of hydrogen-bond donors (Lipinski definition) is 0. The Morgan fingerprint density at radius 2 is 1.75 bits per heavy atom. The Labute approximate surface area is 143 Å². The van der Waals surface area contributed by atoms with Gasteiger partial charge in [0.2, 0.25) is 11.8 Å². The summed E-state index contributed by atoms with van der Waals surface area (Å²) in [6.07, 6.45) is 1.90. The van der Waals surface area contributed by atoms with Crippen LogP contribution in [0.1, 0.15) is 26.7 Å². The van der Waals surface area contributed by atoms with Crippen LogP contribution in [0.5, 0.6) is 0 Å². The smallest absolute Gasteiger partial charge is 0.242 e. The number of nitrogens with zero attached hydrogens (tertiary/aromatic N) is 3. The van der Waals surface area contributed by atoms with Gasteiger partial charge in [-0.25, -0.2) is 4.39 Å². The van der Waals surface area contributed by atoms with Crippen molar-refractivity contribution in [3.63, 3.8) is 0 Å². The predicted molar refractivity (Wildman–Crippen MR) is 92.4 cm³/mol. The van der Waals surface area contributed by atoms with Crippen molar-refractivity contribution in [3.8, 4) is 0 Å². The first-order valence-corrected chi connectivity index (χ1v) is 8.55. The molecule has 1 saturated heterocycles. The van der Waals surface area contributed by atoms with E-state index in [4.69, 9.17) is 0 Å². The van der Waals surface area contributed by atoms with Crippen molar-refractivity contribution in [1.29, 1.82) is 0 Å². The molecular weight excluding hydrogens is 309 g/mol. The molecule has 0 aliphatic carbocycles. The van der Waals surface area contributed by atoms with Crippen molar-refractivity contribution in [2.75, 3.05) is 44.2 Å². The fourth-order valence-electron chi connectivity index (χ4n) is 2.83. The summed E-state index contributed by atoms with van der Waals surface area (Å²) in [4.78, 5) is 29.6. The van der Waals surface area contributed by atoms with Crippen LogP contribution in [0.15, 0.2) is 24.3 Å². The highest BCUT2D eigenvalue weighted by atomic mass is 19.1. The zero-order valence-corrected chi connectivity index (χ0v) is 14.5. The van der Waals surface area contributed by atoms with Gasteiger partial charge in [-0.3, -0.25) is 9.59 Å². The van der Waals surface area contributed by atoms with Crippen LogP contribution >= 0.6 is 0 Å². The molecule has 0 aromatic heterocycles. The van der Waals surface area contributed by atoms with E-state index in [-0.39, 0.29) is 24.2 Å². The highest BCUT2D eigenvalue weighted by Crippen LogP contribution is 2.17. The quantitative estimate of drug-likeness (QED) is 0.800. The summed E-state index contributed by atoms with van der Waals surface area (Å²) in [6, 6.07) is 6.42. The lowest BCUT2D eigenvalue weighted by Crippen LogP contribution is -2.51. The lowest BCUT2D eigenvalue weighted by molar-refractivity contribution is -0.139. The van der Waals surface area contributed by atoms with Crippen LogP contribution in [0, 0.1) is 5.82 Å². The monoisotopic (exact) mass is 335 g/mol. The van der Waals surface area contributed by atoms with Gasteiger partial charge in [0.1, 0.15) is 5.82 Å². The maximum Gasteiger partial charge on any atom is 0.242 e. The number of amides is 2. The normalized spacial score (nSPS) is 14.6. The van der Waals surface area contributed by atoms with Gasteiger partial charge in [0.05, 0.1) is 6.54 Å². The van der Waals surface area contributed by atoms with Gasteiger partial charge in [0.25, 0.3) is 0 Å². The molecule has 1 aromatic carbocycles. The number of anilines is 1. The lowest BCUT2D eigenvalue weighted by atomic mass is 10.2. The Bertz CT molecular complexity index is 554. The van der Waals surface area contributed by atoms with Crippen molar-refractivity contribution >= 4 is 17.5 Å². The molecule has 0 atom stereocenters.